The first-order valence-corrected chi connectivity index (χ1v) is 10.1. The average molecular weight is 358 g/mol. The van der Waals surface area contributed by atoms with E-state index in [1.54, 1.807) is 0 Å². The van der Waals surface area contributed by atoms with Crippen LogP contribution in [0.2, 0.25) is 0 Å². The van der Waals surface area contributed by atoms with Crippen LogP contribution in [0.15, 0.2) is 17.1 Å². The van der Waals surface area contributed by atoms with Crippen LogP contribution < -0.4 is 5.32 Å². The normalized spacial score (nSPS) is 26.5. The molecule has 1 aromatic rings. The van der Waals surface area contributed by atoms with E-state index in [0.717, 1.165) is 76.3 Å². The number of fused-ring (bicyclic) bond motifs is 1. The molecule has 4 rings (SSSR count). The molecule has 3 aliphatic heterocycles. The van der Waals surface area contributed by atoms with Crippen molar-refractivity contribution in [3.8, 4) is 0 Å². The van der Waals surface area contributed by atoms with E-state index in [4.69, 9.17) is 4.99 Å². The number of hydrogen-bond donors (Lipinski definition) is 1. The van der Waals surface area contributed by atoms with Crippen molar-refractivity contribution in [2.45, 2.75) is 45.7 Å². The summed E-state index contributed by atoms with van der Waals surface area (Å²) in [5.41, 5.74) is 0. The smallest absolute Gasteiger partial charge is 0.193 e. The molecule has 1 aromatic heterocycles. The lowest BCUT2D eigenvalue weighted by atomic mass is 9.99. The number of hydrogen-bond acceptors (Lipinski definition) is 4. The van der Waals surface area contributed by atoms with Crippen molar-refractivity contribution < 1.29 is 0 Å². The maximum atomic E-state index is 5.01. The Kier molecular flexibility index (Phi) is 5.24. The minimum Gasteiger partial charge on any atom is -0.357 e. The number of nitrogens with one attached hydrogen (secondary N) is 1. The summed E-state index contributed by atoms with van der Waals surface area (Å²) in [5.74, 6) is 3.83. The number of aryl methyl sites for hydroxylation is 2. The van der Waals surface area contributed by atoms with Crippen molar-refractivity contribution in [3.05, 3.63) is 23.8 Å². The molecule has 0 spiro atoms. The van der Waals surface area contributed by atoms with Gasteiger partial charge in [-0.1, -0.05) is 12.2 Å². The largest absolute Gasteiger partial charge is 0.357 e. The molecule has 0 aliphatic carbocycles. The molecule has 1 saturated heterocycles. The van der Waals surface area contributed by atoms with Crippen LogP contribution in [0, 0.1) is 12.8 Å². The maximum absolute atomic E-state index is 5.01. The second-order valence-corrected chi connectivity index (χ2v) is 7.69. The third-order valence-corrected chi connectivity index (χ3v) is 5.89. The van der Waals surface area contributed by atoms with Gasteiger partial charge in [-0.25, -0.2) is 0 Å². The zero-order valence-electron chi connectivity index (χ0n) is 16.1. The molecule has 0 amide bonds. The van der Waals surface area contributed by atoms with Crippen molar-refractivity contribution >= 4 is 5.96 Å². The van der Waals surface area contributed by atoms with Crippen LogP contribution in [0.4, 0.5) is 0 Å². The Labute approximate surface area is 156 Å². The highest BCUT2D eigenvalue weighted by Gasteiger charge is 2.30. The molecular weight excluding hydrogens is 326 g/mol. The van der Waals surface area contributed by atoms with Crippen LogP contribution in [0.25, 0.3) is 0 Å². The molecule has 142 valence electrons. The van der Waals surface area contributed by atoms with Gasteiger partial charge in [0.05, 0.1) is 0 Å². The molecular formula is C19H31N7. The van der Waals surface area contributed by atoms with Gasteiger partial charge in [-0.3, -0.25) is 9.89 Å². The molecule has 4 heterocycles. The van der Waals surface area contributed by atoms with Crippen molar-refractivity contribution in [1.82, 2.24) is 29.9 Å². The Morgan fingerprint density at radius 3 is 2.88 bits per heavy atom. The summed E-state index contributed by atoms with van der Waals surface area (Å²) in [5, 5.41) is 12.0. The van der Waals surface area contributed by atoms with Crippen LogP contribution in [0.5, 0.6) is 0 Å². The Morgan fingerprint density at radius 2 is 2.08 bits per heavy atom. The minimum atomic E-state index is 0.576. The van der Waals surface area contributed by atoms with Crippen LogP contribution in [0.1, 0.15) is 31.4 Å². The number of rotatable bonds is 4. The van der Waals surface area contributed by atoms with Gasteiger partial charge in [-0.2, -0.15) is 0 Å². The first-order valence-electron chi connectivity index (χ1n) is 10.1. The van der Waals surface area contributed by atoms with Gasteiger partial charge in [0.25, 0.3) is 0 Å². The van der Waals surface area contributed by atoms with Crippen LogP contribution >= 0.6 is 0 Å². The first-order chi connectivity index (χ1) is 12.7. The summed E-state index contributed by atoms with van der Waals surface area (Å²) >= 11 is 0. The van der Waals surface area contributed by atoms with E-state index in [2.05, 4.69) is 49.0 Å². The minimum absolute atomic E-state index is 0.576. The number of aliphatic imine (C=N–C) groups is 1. The van der Waals surface area contributed by atoms with Crippen molar-refractivity contribution in [2.24, 2.45) is 10.9 Å². The Morgan fingerprint density at radius 1 is 1.23 bits per heavy atom. The van der Waals surface area contributed by atoms with Gasteiger partial charge in [0.15, 0.2) is 5.96 Å². The van der Waals surface area contributed by atoms with Crippen LogP contribution in [-0.2, 0) is 13.0 Å². The van der Waals surface area contributed by atoms with E-state index in [1.165, 1.54) is 6.42 Å². The van der Waals surface area contributed by atoms with E-state index in [0.29, 0.717) is 12.0 Å². The summed E-state index contributed by atoms with van der Waals surface area (Å²) in [6.45, 7) is 11.4. The SMILES string of the molecule is CCNC(=NCC1CCc2nnc(C)n2C1)N1CCC(N2CC=CC2)C1. The number of guanidine groups is 1. The highest BCUT2D eigenvalue weighted by atomic mass is 15.3. The Hall–Kier alpha value is -1.89. The molecule has 3 aliphatic rings. The molecule has 0 aromatic carbocycles. The topological polar surface area (TPSA) is 61.6 Å². The molecule has 7 heteroatoms. The predicted octanol–water partition coefficient (Wildman–Crippen LogP) is 1.06. The van der Waals surface area contributed by atoms with Gasteiger partial charge in [-0.05, 0) is 32.6 Å². The third kappa shape index (κ3) is 3.63. The second kappa shape index (κ2) is 7.78. The standard InChI is InChI=1S/C19H31N7/c1-3-20-19(25-11-8-17(14-25)24-9-4-5-10-24)21-12-16-6-7-18-23-22-15(2)26(18)13-16/h4-5,16-17H,3,6-14H2,1-2H3,(H,20,21). The zero-order valence-corrected chi connectivity index (χ0v) is 16.1. The Balaban J connectivity index is 1.36. The first kappa shape index (κ1) is 17.5. The summed E-state index contributed by atoms with van der Waals surface area (Å²) in [7, 11) is 0. The van der Waals surface area contributed by atoms with E-state index < -0.39 is 0 Å². The molecule has 2 unspecified atom stereocenters. The van der Waals surface area contributed by atoms with Crippen molar-refractivity contribution in [3.63, 3.8) is 0 Å². The van der Waals surface area contributed by atoms with Gasteiger partial charge in [0, 0.05) is 58.3 Å². The third-order valence-electron chi connectivity index (χ3n) is 5.89. The van der Waals surface area contributed by atoms with E-state index in [-0.39, 0.29) is 0 Å². The molecule has 1 N–H and O–H groups in total. The summed E-state index contributed by atoms with van der Waals surface area (Å²) in [4.78, 5) is 10.0. The maximum Gasteiger partial charge on any atom is 0.193 e. The van der Waals surface area contributed by atoms with Crippen LogP contribution in [-0.4, -0.2) is 75.8 Å². The molecule has 0 radical (unpaired) electrons. The lowest BCUT2D eigenvalue weighted by Gasteiger charge is -2.26. The zero-order chi connectivity index (χ0) is 17.9. The molecule has 1 fully saturated rings. The monoisotopic (exact) mass is 357 g/mol. The molecule has 7 nitrogen and oxygen atoms in total. The quantitative estimate of drug-likeness (QED) is 0.496. The fourth-order valence-corrected chi connectivity index (χ4v) is 4.35. The van der Waals surface area contributed by atoms with Crippen molar-refractivity contribution in [1.29, 1.82) is 0 Å². The van der Waals surface area contributed by atoms with E-state index in [1.807, 2.05) is 6.92 Å². The molecule has 2 atom stereocenters. The van der Waals surface area contributed by atoms with Gasteiger partial charge in [0.2, 0.25) is 0 Å². The number of nitrogens with zero attached hydrogens (tertiary/aromatic N) is 6. The van der Waals surface area contributed by atoms with Gasteiger partial charge in [0.1, 0.15) is 11.6 Å². The highest BCUT2D eigenvalue weighted by Crippen LogP contribution is 2.21. The lowest BCUT2D eigenvalue weighted by Crippen LogP contribution is -2.43. The fraction of sp³-hybridized carbons (Fsp3) is 0.737. The van der Waals surface area contributed by atoms with E-state index in [9.17, 15) is 0 Å². The van der Waals surface area contributed by atoms with Gasteiger partial charge in [-0.15, -0.1) is 10.2 Å². The second-order valence-electron chi connectivity index (χ2n) is 7.69. The lowest BCUT2D eigenvalue weighted by molar-refractivity contribution is 0.259. The van der Waals surface area contributed by atoms with Gasteiger partial charge >= 0.3 is 0 Å². The molecule has 26 heavy (non-hydrogen) atoms. The highest BCUT2D eigenvalue weighted by molar-refractivity contribution is 5.80. The van der Waals surface area contributed by atoms with E-state index >= 15 is 0 Å². The predicted molar refractivity (Wildman–Crippen MR) is 103 cm³/mol. The average Bonchev–Trinajstić information content (AvgIpc) is 3.39. The summed E-state index contributed by atoms with van der Waals surface area (Å²) < 4.78 is 2.27. The van der Waals surface area contributed by atoms with Gasteiger partial charge < -0.3 is 14.8 Å². The fourth-order valence-electron chi connectivity index (χ4n) is 4.35. The summed E-state index contributed by atoms with van der Waals surface area (Å²) in [6.07, 6.45) is 7.98. The van der Waals surface area contributed by atoms with Crippen LogP contribution in [0.3, 0.4) is 0 Å². The molecule has 0 bridgehead atoms. The number of aromatic nitrogens is 3. The number of likely N-dealkylation sites (tertiary alicyclic amines) is 1. The molecule has 0 saturated carbocycles. The summed E-state index contributed by atoms with van der Waals surface area (Å²) in [6, 6.07) is 0.658. The Bertz CT molecular complexity index is 669. The van der Waals surface area contributed by atoms with Crippen molar-refractivity contribution in [2.75, 3.05) is 39.3 Å².